The van der Waals surface area contributed by atoms with Gasteiger partial charge >= 0.3 is 5.69 Å². The van der Waals surface area contributed by atoms with Crippen molar-refractivity contribution < 1.29 is 4.39 Å². The predicted octanol–water partition coefficient (Wildman–Crippen LogP) is 3.12. The number of nitrogens with zero attached hydrogens (tertiary/aromatic N) is 4. The van der Waals surface area contributed by atoms with Crippen molar-refractivity contribution in [1.29, 1.82) is 0 Å². The van der Waals surface area contributed by atoms with Crippen molar-refractivity contribution in [2.24, 2.45) is 0 Å². The zero-order chi connectivity index (χ0) is 21.3. The van der Waals surface area contributed by atoms with E-state index in [9.17, 15) is 14.0 Å². The molecule has 4 rings (SSSR count). The maximum Gasteiger partial charge on any atom is 0.331 e. The summed E-state index contributed by atoms with van der Waals surface area (Å²) in [5.41, 5.74) is 2.45. The molecule has 0 N–H and O–H groups in total. The minimum Gasteiger partial charge on any atom is -0.285 e. The van der Waals surface area contributed by atoms with Gasteiger partial charge in [-0.25, -0.2) is 9.18 Å². The van der Waals surface area contributed by atoms with Gasteiger partial charge in [-0.2, -0.15) is 5.10 Å². The number of benzene rings is 2. The molecule has 0 radical (unpaired) electrons. The first-order chi connectivity index (χ1) is 14.5. The predicted molar refractivity (Wildman–Crippen MR) is 114 cm³/mol. The summed E-state index contributed by atoms with van der Waals surface area (Å²) in [4.78, 5) is 26.6. The van der Waals surface area contributed by atoms with Crippen LogP contribution < -0.4 is 11.2 Å². The molecule has 0 aliphatic heterocycles. The number of hydrogen-bond acceptors (Lipinski definition) is 3. The molecular formula is C23H23FN4O2. The number of hydrogen-bond donors (Lipinski definition) is 0. The van der Waals surface area contributed by atoms with E-state index in [1.165, 1.54) is 21.3 Å². The van der Waals surface area contributed by atoms with Crippen LogP contribution in [0.5, 0.6) is 0 Å². The summed E-state index contributed by atoms with van der Waals surface area (Å²) in [6, 6.07) is 15.9. The molecule has 30 heavy (non-hydrogen) atoms. The molecule has 0 fully saturated rings. The summed E-state index contributed by atoms with van der Waals surface area (Å²) in [7, 11) is 0. The highest BCUT2D eigenvalue weighted by molar-refractivity contribution is 5.77. The average Bonchev–Trinajstić information content (AvgIpc) is 3.08. The zero-order valence-corrected chi connectivity index (χ0v) is 17.0. The molecule has 0 bridgehead atoms. The highest BCUT2D eigenvalue weighted by Crippen LogP contribution is 2.16. The second-order valence-corrected chi connectivity index (χ2v) is 7.29. The van der Waals surface area contributed by atoms with Crippen LogP contribution in [0.2, 0.25) is 0 Å². The second-order valence-electron chi connectivity index (χ2n) is 7.29. The molecule has 7 heteroatoms. The van der Waals surface area contributed by atoms with Gasteiger partial charge in [0.2, 0.25) is 0 Å². The number of rotatable bonds is 6. The first-order valence-electron chi connectivity index (χ1n) is 9.98. The molecule has 0 spiro atoms. The standard InChI is InChI=1S/C23H23FN4O2/c1-3-28-21-20(16(2)25-28)27(15-18-10-7-11-19(24)14-18)23(30)26(22(21)29)13-12-17-8-5-4-6-9-17/h4-11,14H,3,12-13,15H2,1-2H3. The Hall–Kier alpha value is -3.48. The Kier molecular flexibility index (Phi) is 5.35. The van der Waals surface area contributed by atoms with E-state index in [0.29, 0.717) is 35.3 Å². The monoisotopic (exact) mass is 406 g/mol. The van der Waals surface area contributed by atoms with Crippen LogP contribution in [0, 0.1) is 12.7 Å². The van der Waals surface area contributed by atoms with Crippen molar-refractivity contribution in [1.82, 2.24) is 18.9 Å². The molecule has 0 saturated carbocycles. The van der Waals surface area contributed by atoms with Crippen molar-refractivity contribution in [2.45, 2.75) is 39.9 Å². The maximum atomic E-state index is 13.7. The summed E-state index contributed by atoms with van der Waals surface area (Å²) in [6.07, 6.45) is 0.556. The van der Waals surface area contributed by atoms with E-state index in [2.05, 4.69) is 5.10 Å². The first-order valence-corrected chi connectivity index (χ1v) is 9.98. The smallest absolute Gasteiger partial charge is 0.285 e. The lowest BCUT2D eigenvalue weighted by Gasteiger charge is -2.13. The Bertz CT molecular complexity index is 1320. The second kappa shape index (κ2) is 8.10. The third kappa shape index (κ3) is 3.58. The lowest BCUT2D eigenvalue weighted by Crippen LogP contribution is -2.41. The summed E-state index contributed by atoms with van der Waals surface area (Å²) in [6.45, 7) is 4.62. The lowest BCUT2D eigenvalue weighted by atomic mass is 10.1. The molecule has 0 unspecified atom stereocenters. The Labute approximate surface area is 172 Å². The Balaban J connectivity index is 1.89. The van der Waals surface area contributed by atoms with E-state index < -0.39 is 5.69 Å². The van der Waals surface area contributed by atoms with Gasteiger partial charge in [-0.1, -0.05) is 42.5 Å². The largest absolute Gasteiger partial charge is 0.331 e. The number of halogens is 1. The topological polar surface area (TPSA) is 61.8 Å². The molecule has 0 amide bonds. The molecule has 2 aromatic heterocycles. The zero-order valence-electron chi connectivity index (χ0n) is 17.0. The minimum atomic E-state index is -0.411. The summed E-state index contributed by atoms with van der Waals surface area (Å²) >= 11 is 0. The molecule has 2 heterocycles. The van der Waals surface area contributed by atoms with Crippen molar-refractivity contribution in [2.75, 3.05) is 0 Å². The normalized spacial score (nSPS) is 11.3. The van der Waals surface area contributed by atoms with Gasteiger partial charge in [0.25, 0.3) is 5.56 Å². The summed E-state index contributed by atoms with van der Waals surface area (Å²) < 4.78 is 18.1. The van der Waals surface area contributed by atoms with Gasteiger partial charge in [-0.05, 0) is 43.5 Å². The maximum absolute atomic E-state index is 13.7. The highest BCUT2D eigenvalue weighted by atomic mass is 19.1. The van der Waals surface area contributed by atoms with Gasteiger partial charge in [0.1, 0.15) is 5.82 Å². The van der Waals surface area contributed by atoms with Crippen LogP contribution >= 0.6 is 0 Å². The fourth-order valence-corrected chi connectivity index (χ4v) is 3.84. The quantitative estimate of drug-likeness (QED) is 0.494. The minimum absolute atomic E-state index is 0.162. The lowest BCUT2D eigenvalue weighted by molar-refractivity contribution is 0.581. The molecular weight excluding hydrogens is 383 g/mol. The first kappa shape index (κ1) is 19.8. The van der Waals surface area contributed by atoms with E-state index in [-0.39, 0.29) is 24.5 Å². The van der Waals surface area contributed by atoms with Gasteiger partial charge < -0.3 is 0 Å². The van der Waals surface area contributed by atoms with Crippen molar-refractivity contribution >= 4 is 11.0 Å². The van der Waals surface area contributed by atoms with Crippen molar-refractivity contribution in [3.8, 4) is 0 Å². The fraction of sp³-hybridized carbons (Fsp3) is 0.261. The van der Waals surface area contributed by atoms with Crippen LogP contribution in [0.4, 0.5) is 4.39 Å². The number of aryl methyl sites for hydroxylation is 3. The van der Waals surface area contributed by atoms with Crippen LogP contribution in [-0.2, 0) is 26.1 Å². The summed E-state index contributed by atoms with van der Waals surface area (Å²) in [5, 5.41) is 4.46. The third-order valence-corrected chi connectivity index (χ3v) is 5.27. The SMILES string of the molecule is CCn1nc(C)c2c1c(=O)n(CCc1ccccc1)c(=O)n2Cc1cccc(F)c1. The van der Waals surface area contributed by atoms with E-state index in [1.807, 2.05) is 37.3 Å². The van der Waals surface area contributed by atoms with Gasteiger partial charge in [-0.3, -0.25) is 18.6 Å². The highest BCUT2D eigenvalue weighted by Gasteiger charge is 2.20. The molecule has 0 saturated heterocycles. The van der Waals surface area contributed by atoms with Crippen molar-refractivity contribution in [3.63, 3.8) is 0 Å². The number of aromatic nitrogens is 4. The number of fused-ring (bicyclic) bond motifs is 1. The van der Waals surface area contributed by atoms with E-state index in [1.54, 1.807) is 23.7 Å². The van der Waals surface area contributed by atoms with Gasteiger partial charge in [0.05, 0.1) is 17.8 Å². The molecule has 0 atom stereocenters. The fourth-order valence-electron chi connectivity index (χ4n) is 3.84. The molecule has 0 aliphatic carbocycles. The van der Waals surface area contributed by atoms with Gasteiger partial charge in [0, 0.05) is 13.1 Å². The van der Waals surface area contributed by atoms with Crippen LogP contribution in [-0.4, -0.2) is 18.9 Å². The third-order valence-electron chi connectivity index (χ3n) is 5.27. The Morgan fingerprint density at radius 1 is 0.933 bits per heavy atom. The average molecular weight is 406 g/mol. The molecule has 154 valence electrons. The van der Waals surface area contributed by atoms with Crippen molar-refractivity contribution in [3.05, 3.63) is 98.1 Å². The van der Waals surface area contributed by atoms with E-state index in [4.69, 9.17) is 0 Å². The van der Waals surface area contributed by atoms with Crippen LogP contribution in [0.1, 0.15) is 23.7 Å². The summed E-state index contributed by atoms with van der Waals surface area (Å²) in [5.74, 6) is -0.366. The molecule has 6 nitrogen and oxygen atoms in total. The van der Waals surface area contributed by atoms with Gasteiger partial charge in [0.15, 0.2) is 5.52 Å². The van der Waals surface area contributed by atoms with E-state index >= 15 is 0 Å². The molecule has 0 aliphatic rings. The Morgan fingerprint density at radius 3 is 2.37 bits per heavy atom. The molecule has 2 aromatic carbocycles. The van der Waals surface area contributed by atoms with Crippen LogP contribution in [0.15, 0.2) is 64.2 Å². The van der Waals surface area contributed by atoms with Gasteiger partial charge in [-0.15, -0.1) is 0 Å². The van der Waals surface area contributed by atoms with Crippen LogP contribution in [0.3, 0.4) is 0 Å². The van der Waals surface area contributed by atoms with E-state index in [0.717, 1.165) is 5.56 Å². The van der Waals surface area contributed by atoms with Crippen LogP contribution in [0.25, 0.3) is 11.0 Å². The Morgan fingerprint density at radius 2 is 1.67 bits per heavy atom. The molecule has 4 aromatic rings.